The second-order valence-electron chi connectivity index (χ2n) is 7.19. The summed E-state index contributed by atoms with van der Waals surface area (Å²) in [5.41, 5.74) is 2.54. The van der Waals surface area contributed by atoms with Crippen LogP contribution in [0.2, 0.25) is 0 Å². The molecule has 0 heterocycles. The lowest BCUT2D eigenvalue weighted by Gasteiger charge is -2.15. The van der Waals surface area contributed by atoms with Gasteiger partial charge in [-0.2, -0.15) is 0 Å². The van der Waals surface area contributed by atoms with E-state index in [4.69, 9.17) is 4.74 Å². The quantitative estimate of drug-likeness (QED) is 0.512. The Morgan fingerprint density at radius 2 is 2.04 bits per heavy atom. The van der Waals surface area contributed by atoms with Crippen LogP contribution in [0.1, 0.15) is 40.2 Å². The van der Waals surface area contributed by atoms with Crippen LogP contribution in [-0.2, 0) is 6.54 Å². The zero-order valence-electron chi connectivity index (χ0n) is 16.0. The van der Waals surface area contributed by atoms with E-state index < -0.39 is 0 Å². The monoisotopic (exact) mass is 325 g/mol. The molecule has 0 saturated carbocycles. The molecule has 2 nitrogen and oxygen atoms in total. The van der Waals surface area contributed by atoms with Gasteiger partial charge in [-0.1, -0.05) is 36.1 Å². The van der Waals surface area contributed by atoms with Gasteiger partial charge in [0.1, 0.15) is 12.4 Å². The summed E-state index contributed by atoms with van der Waals surface area (Å²) >= 11 is 0. The summed E-state index contributed by atoms with van der Waals surface area (Å²) in [4.78, 5) is 2.26. The molecule has 0 spiro atoms. The van der Waals surface area contributed by atoms with Crippen LogP contribution in [0.25, 0.3) is 0 Å². The molecule has 1 aromatic carbocycles. The third-order valence-electron chi connectivity index (χ3n) is 3.38. The van der Waals surface area contributed by atoms with E-state index in [9.17, 15) is 0 Å². The Labute approximate surface area is 148 Å². The van der Waals surface area contributed by atoms with E-state index in [1.807, 2.05) is 25.1 Å². The molecule has 0 aliphatic heterocycles. The molecule has 1 rings (SSSR count). The first-order valence-electron chi connectivity index (χ1n) is 8.50. The number of ether oxygens (including phenoxy) is 1. The van der Waals surface area contributed by atoms with E-state index >= 15 is 0 Å². The van der Waals surface area contributed by atoms with Crippen LogP contribution < -0.4 is 4.74 Å². The van der Waals surface area contributed by atoms with Crippen molar-refractivity contribution in [3.8, 4) is 17.6 Å². The number of benzene rings is 1. The fourth-order valence-corrected chi connectivity index (χ4v) is 1.94. The summed E-state index contributed by atoms with van der Waals surface area (Å²) in [6, 6.07) is 8.31. The zero-order chi connectivity index (χ0) is 18.0. The van der Waals surface area contributed by atoms with Crippen molar-refractivity contribution in [2.24, 2.45) is 5.41 Å². The molecule has 0 unspecified atom stereocenters. The van der Waals surface area contributed by atoms with Gasteiger partial charge >= 0.3 is 0 Å². The van der Waals surface area contributed by atoms with Crippen molar-refractivity contribution >= 4 is 0 Å². The number of allylic oxidation sites excluding steroid dienone is 2. The highest BCUT2D eigenvalue weighted by Gasteiger charge is 2.03. The minimum atomic E-state index is 0.0575. The smallest absolute Gasteiger partial charge is 0.120 e. The van der Waals surface area contributed by atoms with Gasteiger partial charge in [0.2, 0.25) is 0 Å². The van der Waals surface area contributed by atoms with Crippen molar-refractivity contribution < 1.29 is 4.74 Å². The van der Waals surface area contributed by atoms with Crippen LogP contribution in [-0.4, -0.2) is 25.1 Å². The topological polar surface area (TPSA) is 12.5 Å². The largest absolute Gasteiger partial charge is 0.489 e. The molecule has 0 fully saturated rings. The van der Waals surface area contributed by atoms with Gasteiger partial charge in [0.15, 0.2) is 0 Å². The van der Waals surface area contributed by atoms with E-state index in [1.165, 1.54) is 11.1 Å². The molecule has 0 amide bonds. The van der Waals surface area contributed by atoms with Crippen LogP contribution in [0.3, 0.4) is 0 Å². The van der Waals surface area contributed by atoms with Crippen molar-refractivity contribution in [2.45, 2.75) is 41.2 Å². The average Bonchev–Trinajstić information content (AvgIpc) is 2.51. The highest BCUT2D eigenvalue weighted by atomic mass is 16.5. The van der Waals surface area contributed by atoms with Crippen LogP contribution >= 0.6 is 0 Å². The summed E-state index contributed by atoms with van der Waals surface area (Å²) < 4.78 is 5.81. The minimum absolute atomic E-state index is 0.0575. The predicted octanol–water partition coefficient (Wildman–Crippen LogP) is 5.07. The number of rotatable bonds is 7. The summed E-state index contributed by atoms with van der Waals surface area (Å²) in [6.07, 6.45) is 6.13. The lowest BCUT2D eigenvalue weighted by Crippen LogP contribution is -2.17. The van der Waals surface area contributed by atoms with E-state index in [0.717, 1.165) is 18.8 Å². The Morgan fingerprint density at radius 3 is 2.71 bits per heavy atom. The highest BCUT2D eigenvalue weighted by Crippen LogP contribution is 2.15. The lowest BCUT2D eigenvalue weighted by atomic mass is 9.98. The molecular weight excluding hydrogens is 294 g/mol. The van der Waals surface area contributed by atoms with Gasteiger partial charge in [-0.05, 0) is 71.0 Å². The summed E-state index contributed by atoms with van der Waals surface area (Å²) in [6.45, 7) is 12.9. The van der Waals surface area contributed by atoms with E-state index in [-0.39, 0.29) is 5.41 Å². The first-order valence-corrected chi connectivity index (χ1v) is 8.50. The van der Waals surface area contributed by atoms with Crippen molar-refractivity contribution in [3.63, 3.8) is 0 Å². The molecule has 0 N–H and O–H groups in total. The Bertz CT molecular complexity index is 623. The number of likely N-dealkylation sites (N-methyl/N-ethyl adjacent to an activating group) is 1. The van der Waals surface area contributed by atoms with E-state index in [1.54, 1.807) is 0 Å². The van der Waals surface area contributed by atoms with Gasteiger partial charge in [-0.15, -0.1) is 0 Å². The molecule has 0 aliphatic rings. The second kappa shape index (κ2) is 10.0. The summed E-state index contributed by atoms with van der Waals surface area (Å²) in [5.74, 6) is 7.23. The Kier molecular flexibility index (Phi) is 8.36. The maximum atomic E-state index is 5.81. The molecule has 24 heavy (non-hydrogen) atoms. The third kappa shape index (κ3) is 9.22. The van der Waals surface area contributed by atoms with Gasteiger partial charge in [-0.3, -0.25) is 4.90 Å². The molecule has 0 saturated heterocycles. The van der Waals surface area contributed by atoms with Gasteiger partial charge in [0.25, 0.3) is 0 Å². The number of hydrogen-bond donors (Lipinski definition) is 0. The third-order valence-corrected chi connectivity index (χ3v) is 3.38. The fourth-order valence-electron chi connectivity index (χ4n) is 1.94. The van der Waals surface area contributed by atoms with E-state index in [0.29, 0.717) is 6.61 Å². The predicted molar refractivity (Wildman–Crippen MR) is 104 cm³/mol. The maximum absolute atomic E-state index is 5.81. The normalized spacial score (nSPS) is 12.4. The van der Waals surface area contributed by atoms with Gasteiger partial charge < -0.3 is 4.74 Å². The van der Waals surface area contributed by atoms with E-state index in [2.05, 4.69) is 75.8 Å². The zero-order valence-corrected chi connectivity index (χ0v) is 16.0. The molecule has 0 aliphatic carbocycles. The Balaban J connectivity index is 2.50. The van der Waals surface area contributed by atoms with Crippen LogP contribution in [0, 0.1) is 17.3 Å². The van der Waals surface area contributed by atoms with Crippen LogP contribution in [0.4, 0.5) is 0 Å². The minimum Gasteiger partial charge on any atom is -0.489 e. The first kappa shape index (κ1) is 20.1. The van der Waals surface area contributed by atoms with Crippen LogP contribution in [0.5, 0.6) is 5.75 Å². The average molecular weight is 325 g/mol. The molecule has 1 aromatic rings. The molecule has 0 bridgehead atoms. The summed E-state index contributed by atoms with van der Waals surface area (Å²) in [5, 5.41) is 0. The number of nitrogens with zero attached hydrogens (tertiary/aromatic N) is 1. The van der Waals surface area contributed by atoms with Crippen molar-refractivity contribution in [1.82, 2.24) is 4.90 Å². The maximum Gasteiger partial charge on any atom is 0.120 e. The standard InChI is InChI=1S/C22H31NO/c1-7-19(2)18-24-21-13-11-12-20(16-21)17-23(6)15-10-8-9-14-22(3,4)5/h7-8,10-13,16H,15,17-18H2,1-6H3/b10-8+,19-7-. The molecule has 2 heteroatoms. The SMILES string of the molecule is C/C=C(/C)COc1cccc(CN(C)C/C=C/C#CC(C)(C)C)c1. The van der Waals surface area contributed by atoms with Gasteiger partial charge in [-0.25, -0.2) is 0 Å². The number of hydrogen-bond acceptors (Lipinski definition) is 2. The lowest BCUT2D eigenvalue weighted by molar-refractivity contribution is 0.346. The van der Waals surface area contributed by atoms with Crippen molar-refractivity contribution in [2.75, 3.05) is 20.2 Å². The highest BCUT2D eigenvalue weighted by molar-refractivity contribution is 5.29. The molecule has 0 aromatic heterocycles. The second-order valence-corrected chi connectivity index (χ2v) is 7.19. The molecule has 130 valence electrons. The molecule has 0 atom stereocenters. The Morgan fingerprint density at radius 1 is 1.29 bits per heavy atom. The van der Waals surface area contributed by atoms with Crippen LogP contribution in [0.15, 0.2) is 48.1 Å². The molecule has 0 radical (unpaired) electrons. The van der Waals surface area contributed by atoms with Gasteiger partial charge in [0.05, 0.1) is 0 Å². The van der Waals surface area contributed by atoms with Crippen molar-refractivity contribution in [1.29, 1.82) is 0 Å². The molecular formula is C22H31NO. The fraction of sp³-hybridized carbons (Fsp3) is 0.455. The van der Waals surface area contributed by atoms with Crippen molar-refractivity contribution in [3.05, 3.63) is 53.6 Å². The summed E-state index contributed by atoms with van der Waals surface area (Å²) in [7, 11) is 2.11. The van der Waals surface area contributed by atoms with Gasteiger partial charge in [0, 0.05) is 18.5 Å². The first-order chi connectivity index (χ1) is 11.3. The Hall–Kier alpha value is -1.98.